The summed E-state index contributed by atoms with van der Waals surface area (Å²) in [5.41, 5.74) is 0. The molecular weight excluding hydrogens is 170 g/mol. The van der Waals surface area contributed by atoms with Gasteiger partial charge < -0.3 is 9.84 Å². The van der Waals surface area contributed by atoms with Crippen LogP contribution in [-0.2, 0) is 9.53 Å². The minimum absolute atomic E-state index is 0.241. The van der Waals surface area contributed by atoms with E-state index in [0.29, 0.717) is 19.6 Å². The maximum Gasteiger partial charge on any atom is 0.320 e. The SMILES string of the molecule is CCOC(=O)CN(C)CC(O)CC. The highest BCUT2D eigenvalue weighted by Gasteiger charge is 2.10. The Morgan fingerprint density at radius 1 is 1.54 bits per heavy atom. The topological polar surface area (TPSA) is 49.8 Å². The van der Waals surface area contributed by atoms with Crippen molar-refractivity contribution in [3.05, 3.63) is 0 Å². The highest BCUT2D eigenvalue weighted by Crippen LogP contribution is 1.94. The maximum atomic E-state index is 11.0. The molecule has 0 radical (unpaired) electrons. The third-order valence-electron chi connectivity index (χ3n) is 1.70. The lowest BCUT2D eigenvalue weighted by molar-refractivity contribution is -0.144. The van der Waals surface area contributed by atoms with Gasteiger partial charge in [-0.2, -0.15) is 0 Å². The molecule has 0 aromatic heterocycles. The summed E-state index contributed by atoms with van der Waals surface area (Å²) in [7, 11) is 1.79. The number of rotatable bonds is 6. The van der Waals surface area contributed by atoms with Gasteiger partial charge in [0.05, 0.1) is 19.3 Å². The molecule has 0 amide bonds. The first-order valence-corrected chi connectivity index (χ1v) is 4.62. The summed E-state index contributed by atoms with van der Waals surface area (Å²) < 4.78 is 4.77. The van der Waals surface area contributed by atoms with Crippen molar-refractivity contribution in [2.45, 2.75) is 26.4 Å². The van der Waals surface area contributed by atoms with Gasteiger partial charge >= 0.3 is 5.97 Å². The van der Waals surface area contributed by atoms with Crippen LogP contribution in [0.3, 0.4) is 0 Å². The molecule has 0 aromatic carbocycles. The molecule has 78 valence electrons. The fourth-order valence-electron chi connectivity index (χ4n) is 0.980. The Bertz CT molecular complexity index is 150. The van der Waals surface area contributed by atoms with E-state index in [4.69, 9.17) is 4.74 Å². The van der Waals surface area contributed by atoms with Gasteiger partial charge in [-0.1, -0.05) is 6.92 Å². The van der Waals surface area contributed by atoms with Gasteiger partial charge in [0.2, 0.25) is 0 Å². The lowest BCUT2D eigenvalue weighted by Crippen LogP contribution is -2.33. The van der Waals surface area contributed by atoms with Crippen LogP contribution < -0.4 is 0 Å². The lowest BCUT2D eigenvalue weighted by atomic mass is 10.2. The first kappa shape index (κ1) is 12.4. The molecule has 0 aliphatic heterocycles. The van der Waals surface area contributed by atoms with Crippen LogP contribution in [0.1, 0.15) is 20.3 Å². The predicted octanol–water partition coefficient (Wildman–Crippen LogP) is 0.252. The van der Waals surface area contributed by atoms with Crippen LogP contribution in [0.2, 0.25) is 0 Å². The van der Waals surface area contributed by atoms with Crippen molar-refractivity contribution in [3.8, 4) is 0 Å². The van der Waals surface area contributed by atoms with Crippen molar-refractivity contribution in [2.24, 2.45) is 0 Å². The number of carbonyl (C=O) groups is 1. The monoisotopic (exact) mass is 189 g/mol. The van der Waals surface area contributed by atoms with E-state index in [1.165, 1.54) is 0 Å². The second-order valence-corrected chi connectivity index (χ2v) is 3.06. The fraction of sp³-hybridized carbons (Fsp3) is 0.889. The van der Waals surface area contributed by atoms with Gasteiger partial charge in [0.25, 0.3) is 0 Å². The smallest absolute Gasteiger partial charge is 0.320 e. The van der Waals surface area contributed by atoms with Crippen LogP contribution in [0.5, 0.6) is 0 Å². The van der Waals surface area contributed by atoms with Crippen molar-refractivity contribution in [1.82, 2.24) is 4.90 Å². The van der Waals surface area contributed by atoms with E-state index in [1.807, 2.05) is 6.92 Å². The number of likely N-dealkylation sites (N-methyl/N-ethyl adjacent to an activating group) is 1. The molecule has 0 spiro atoms. The van der Waals surface area contributed by atoms with E-state index in [1.54, 1.807) is 18.9 Å². The van der Waals surface area contributed by atoms with E-state index in [2.05, 4.69) is 0 Å². The second kappa shape index (κ2) is 6.86. The van der Waals surface area contributed by atoms with Gasteiger partial charge in [-0.15, -0.1) is 0 Å². The third kappa shape index (κ3) is 6.54. The van der Waals surface area contributed by atoms with Gasteiger partial charge in [0.15, 0.2) is 0 Å². The summed E-state index contributed by atoms with van der Waals surface area (Å²) in [4.78, 5) is 12.7. The molecule has 13 heavy (non-hydrogen) atoms. The van der Waals surface area contributed by atoms with Gasteiger partial charge in [-0.25, -0.2) is 0 Å². The highest BCUT2D eigenvalue weighted by molar-refractivity contribution is 5.71. The number of nitrogens with zero attached hydrogens (tertiary/aromatic N) is 1. The molecule has 0 aromatic rings. The zero-order valence-corrected chi connectivity index (χ0v) is 8.62. The van der Waals surface area contributed by atoms with Crippen LogP contribution in [0, 0.1) is 0 Å². The number of ether oxygens (including phenoxy) is 1. The summed E-state index contributed by atoms with van der Waals surface area (Å²) in [6, 6.07) is 0. The number of hydrogen-bond acceptors (Lipinski definition) is 4. The van der Waals surface area contributed by atoms with Crippen molar-refractivity contribution >= 4 is 5.97 Å². The summed E-state index contributed by atoms with van der Waals surface area (Å²) in [6.07, 6.45) is 0.340. The number of carbonyl (C=O) groups excluding carboxylic acids is 1. The summed E-state index contributed by atoms with van der Waals surface area (Å²) >= 11 is 0. The Balaban J connectivity index is 3.60. The highest BCUT2D eigenvalue weighted by atomic mass is 16.5. The van der Waals surface area contributed by atoms with E-state index in [0.717, 1.165) is 0 Å². The van der Waals surface area contributed by atoms with Crippen molar-refractivity contribution in [2.75, 3.05) is 26.7 Å². The lowest BCUT2D eigenvalue weighted by Gasteiger charge is -2.18. The minimum Gasteiger partial charge on any atom is -0.465 e. The zero-order valence-electron chi connectivity index (χ0n) is 8.62. The fourth-order valence-corrected chi connectivity index (χ4v) is 0.980. The third-order valence-corrected chi connectivity index (χ3v) is 1.70. The largest absolute Gasteiger partial charge is 0.465 e. The molecule has 1 unspecified atom stereocenters. The standard InChI is InChI=1S/C9H19NO3/c1-4-8(11)6-10(3)7-9(12)13-5-2/h8,11H,4-7H2,1-3H3. The number of aliphatic hydroxyl groups excluding tert-OH is 1. The molecule has 0 fully saturated rings. The molecule has 1 atom stereocenters. The van der Waals surface area contributed by atoms with Crippen LogP contribution >= 0.6 is 0 Å². The molecule has 0 aliphatic rings. The molecule has 0 bridgehead atoms. The number of hydrogen-bond donors (Lipinski definition) is 1. The average molecular weight is 189 g/mol. The first-order chi connectivity index (χ1) is 6.10. The quantitative estimate of drug-likeness (QED) is 0.609. The normalized spacial score (nSPS) is 13.0. The zero-order chi connectivity index (χ0) is 10.3. The van der Waals surface area contributed by atoms with Gasteiger partial charge in [-0.05, 0) is 20.4 Å². The van der Waals surface area contributed by atoms with Gasteiger partial charge in [0, 0.05) is 6.54 Å². The molecule has 1 N–H and O–H groups in total. The molecule has 0 saturated carbocycles. The van der Waals surface area contributed by atoms with Gasteiger partial charge in [-0.3, -0.25) is 9.69 Å². The summed E-state index contributed by atoms with van der Waals surface area (Å²) in [5, 5.41) is 9.28. The van der Waals surface area contributed by atoms with Crippen LogP contribution in [-0.4, -0.2) is 48.8 Å². The molecule has 0 saturated heterocycles. The molecule has 0 aliphatic carbocycles. The maximum absolute atomic E-state index is 11.0. The van der Waals surface area contributed by atoms with Crippen LogP contribution in [0.25, 0.3) is 0 Å². The van der Waals surface area contributed by atoms with Crippen LogP contribution in [0.15, 0.2) is 0 Å². The molecule has 4 heteroatoms. The van der Waals surface area contributed by atoms with Crippen molar-refractivity contribution in [3.63, 3.8) is 0 Å². The first-order valence-electron chi connectivity index (χ1n) is 4.62. The Morgan fingerprint density at radius 2 is 2.15 bits per heavy atom. The van der Waals surface area contributed by atoms with E-state index < -0.39 is 0 Å². The Morgan fingerprint density at radius 3 is 2.62 bits per heavy atom. The molecule has 4 nitrogen and oxygen atoms in total. The van der Waals surface area contributed by atoms with Crippen LogP contribution in [0.4, 0.5) is 0 Å². The summed E-state index contributed by atoms with van der Waals surface area (Å²) in [5.74, 6) is -0.242. The van der Waals surface area contributed by atoms with Crippen molar-refractivity contribution in [1.29, 1.82) is 0 Å². The number of esters is 1. The Labute approximate surface area is 79.5 Å². The summed E-state index contributed by atoms with van der Waals surface area (Å²) in [6.45, 7) is 4.84. The molecule has 0 heterocycles. The van der Waals surface area contributed by atoms with E-state index in [-0.39, 0.29) is 18.6 Å². The Hall–Kier alpha value is -0.610. The molecular formula is C9H19NO3. The number of aliphatic hydroxyl groups is 1. The average Bonchev–Trinajstić information content (AvgIpc) is 2.04. The van der Waals surface area contributed by atoms with Gasteiger partial charge in [0.1, 0.15) is 0 Å². The minimum atomic E-state index is -0.362. The van der Waals surface area contributed by atoms with E-state index in [9.17, 15) is 9.90 Å². The van der Waals surface area contributed by atoms with Crippen molar-refractivity contribution < 1.29 is 14.6 Å². The predicted molar refractivity (Wildman–Crippen MR) is 50.4 cm³/mol. The molecule has 0 rings (SSSR count). The van der Waals surface area contributed by atoms with E-state index >= 15 is 0 Å². The second-order valence-electron chi connectivity index (χ2n) is 3.06. The Kier molecular flexibility index (Phi) is 6.54.